The van der Waals surface area contributed by atoms with Crippen LogP contribution in [0.2, 0.25) is 0 Å². The highest BCUT2D eigenvalue weighted by atomic mass is 79.9. The SMILES string of the molecule is CCn1cc(COc2ccc(F)cc2CBr)cn1. The molecular weight excluding hydrogens is 299 g/mol. The summed E-state index contributed by atoms with van der Waals surface area (Å²) in [6, 6.07) is 4.52. The van der Waals surface area contributed by atoms with E-state index in [1.807, 2.05) is 17.8 Å². The monoisotopic (exact) mass is 312 g/mol. The molecule has 1 aromatic heterocycles. The standard InChI is InChI=1S/C13H14BrFN2O/c1-2-17-8-10(7-16-17)9-18-13-4-3-12(15)5-11(13)6-14/h3-5,7-8H,2,6,9H2,1H3. The highest BCUT2D eigenvalue weighted by Crippen LogP contribution is 2.23. The Morgan fingerprint density at radius 1 is 1.44 bits per heavy atom. The zero-order valence-electron chi connectivity index (χ0n) is 10.1. The molecule has 5 heteroatoms. The molecule has 1 heterocycles. The van der Waals surface area contributed by atoms with E-state index >= 15 is 0 Å². The Morgan fingerprint density at radius 3 is 2.94 bits per heavy atom. The van der Waals surface area contributed by atoms with Gasteiger partial charge in [0.15, 0.2) is 0 Å². The van der Waals surface area contributed by atoms with E-state index in [0.717, 1.165) is 17.7 Å². The molecule has 0 aliphatic rings. The Bertz CT molecular complexity index is 527. The van der Waals surface area contributed by atoms with Crippen LogP contribution >= 0.6 is 15.9 Å². The quantitative estimate of drug-likeness (QED) is 0.790. The van der Waals surface area contributed by atoms with Gasteiger partial charge >= 0.3 is 0 Å². The van der Waals surface area contributed by atoms with Crippen LogP contribution in [0.1, 0.15) is 18.1 Å². The molecule has 0 bridgehead atoms. The Hall–Kier alpha value is -1.36. The fraction of sp³-hybridized carbons (Fsp3) is 0.308. The van der Waals surface area contributed by atoms with Crippen molar-refractivity contribution < 1.29 is 9.13 Å². The van der Waals surface area contributed by atoms with Crippen molar-refractivity contribution in [2.45, 2.75) is 25.4 Å². The molecule has 0 aliphatic heterocycles. The van der Waals surface area contributed by atoms with Gasteiger partial charge < -0.3 is 4.74 Å². The van der Waals surface area contributed by atoms with Crippen LogP contribution in [-0.2, 0) is 18.5 Å². The molecule has 96 valence electrons. The second kappa shape index (κ2) is 6.00. The van der Waals surface area contributed by atoms with Gasteiger partial charge in [-0.1, -0.05) is 15.9 Å². The van der Waals surface area contributed by atoms with Crippen LogP contribution in [0.25, 0.3) is 0 Å². The number of rotatable bonds is 5. The van der Waals surface area contributed by atoms with Gasteiger partial charge in [-0.05, 0) is 25.1 Å². The first-order valence-electron chi connectivity index (χ1n) is 5.71. The van der Waals surface area contributed by atoms with E-state index in [1.165, 1.54) is 12.1 Å². The summed E-state index contributed by atoms with van der Waals surface area (Å²) in [5, 5.41) is 4.73. The fourth-order valence-electron chi connectivity index (χ4n) is 1.61. The summed E-state index contributed by atoms with van der Waals surface area (Å²) in [4.78, 5) is 0. The van der Waals surface area contributed by atoms with Crippen molar-refractivity contribution in [3.05, 3.63) is 47.5 Å². The van der Waals surface area contributed by atoms with E-state index in [0.29, 0.717) is 17.7 Å². The molecular formula is C13H14BrFN2O. The molecule has 0 amide bonds. The Morgan fingerprint density at radius 2 is 2.28 bits per heavy atom. The van der Waals surface area contributed by atoms with Crippen LogP contribution in [0, 0.1) is 5.82 Å². The van der Waals surface area contributed by atoms with E-state index in [-0.39, 0.29) is 5.82 Å². The van der Waals surface area contributed by atoms with Gasteiger partial charge in [0.2, 0.25) is 0 Å². The third-order valence-corrected chi connectivity index (χ3v) is 3.18. The highest BCUT2D eigenvalue weighted by Gasteiger charge is 2.05. The Kier molecular flexibility index (Phi) is 4.36. The van der Waals surface area contributed by atoms with Crippen LogP contribution in [-0.4, -0.2) is 9.78 Å². The van der Waals surface area contributed by atoms with Gasteiger partial charge in [0.05, 0.1) is 6.20 Å². The second-order valence-corrected chi connectivity index (χ2v) is 4.44. The number of alkyl halides is 1. The molecule has 1 aromatic carbocycles. The van der Waals surface area contributed by atoms with Crippen molar-refractivity contribution in [3.63, 3.8) is 0 Å². The van der Waals surface area contributed by atoms with Gasteiger partial charge in [-0.2, -0.15) is 5.10 Å². The topological polar surface area (TPSA) is 27.1 Å². The molecule has 0 N–H and O–H groups in total. The molecule has 0 atom stereocenters. The highest BCUT2D eigenvalue weighted by molar-refractivity contribution is 9.08. The average molecular weight is 313 g/mol. The van der Waals surface area contributed by atoms with Crippen molar-refractivity contribution >= 4 is 15.9 Å². The first-order chi connectivity index (χ1) is 8.72. The molecule has 2 aromatic rings. The van der Waals surface area contributed by atoms with Crippen LogP contribution in [0.15, 0.2) is 30.6 Å². The van der Waals surface area contributed by atoms with E-state index in [4.69, 9.17) is 4.74 Å². The summed E-state index contributed by atoms with van der Waals surface area (Å²) in [6.45, 7) is 3.30. The number of benzene rings is 1. The van der Waals surface area contributed by atoms with Gasteiger partial charge in [-0.15, -0.1) is 0 Å². The number of nitrogens with zero attached hydrogens (tertiary/aromatic N) is 2. The summed E-state index contributed by atoms with van der Waals surface area (Å²) >= 11 is 3.32. The second-order valence-electron chi connectivity index (χ2n) is 3.88. The zero-order valence-corrected chi connectivity index (χ0v) is 11.7. The van der Waals surface area contributed by atoms with Crippen LogP contribution < -0.4 is 4.74 Å². The predicted octanol–water partition coefficient (Wildman–Crippen LogP) is 3.52. The third-order valence-electron chi connectivity index (χ3n) is 2.57. The summed E-state index contributed by atoms with van der Waals surface area (Å²) in [5.74, 6) is 0.438. The minimum atomic E-state index is -0.254. The van der Waals surface area contributed by atoms with E-state index in [1.54, 1.807) is 12.3 Å². The number of hydrogen-bond donors (Lipinski definition) is 0. The third kappa shape index (κ3) is 3.10. The predicted molar refractivity (Wildman–Crippen MR) is 71.3 cm³/mol. The summed E-state index contributed by atoms with van der Waals surface area (Å²) in [7, 11) is 0. The molecule has 18 heavy (non-hydrogen) atoms. The molecule has 0 radical (unpaired) electrons. The van der Waals surface area contributed by atoms with Crippen LogP contribution in [0.5, 0.6) is 5.75 Å². The van der Waals surface area contributed by atoms with Crippen LogP contribution in [0.3, 0.4) is 0 Å². The normalized spacial score (nSPS) is 10.6. The maximum Gasteiger partial charge on any atom is 0.124 e. The lowest BCUT2D eigenvalue weighted by molar-refractivity contribution is 0.303. The Labute approximate surface area is 114 Å². The number of halogens is 2. The molecule has 2 rings (SSSR count). The number of aryl methyl sites for hydroxylation is 1. The average Bonchev–Trinajstić information content (AvgIpc) is 2.85. The lowest BCUT2D eigenvalue weighted by Crippen LogP contribution is -1.98. The maximum absolute atomic E-state index is 13.1. The van der Waals surface area contributed by atoms with Crippen molar-refractivity contribution in [1.82, 2.24) is 9.78 Å². The first kappa shape index (κ1) is 13.1. The van der Waals surface area contributed by atoms with Crippen molar-refractivity contribution in [1.29, 1.82) is 0 Å². The van der Waals surface area contributed by atoms with E-state index in [2.05, 4.69) is 21.0 Å². The minimum Gasteiger partial charge on any atom is -0.488 e. The first-order valence-corrected chi connectivity index (χ1v) is 6.83. The summed E-state index contributed by atoms with van der Waals surface area (Å²) in [6.07, 6.45) is 3.72. The lowest BCUT2D eigenvalue weighted by Gasteiger charge is -2.09. The fourth-order valence-corrected chi connectivity index (χ4v) is 2.05. The van der Waals surface area contributed by atoms with Gasteiger partial charge in [0, 0.05) is 29.2 Å². The van der Waals surface area contributed by atoms with Crippen LogP contribution in [0.4, 0.5) is 4.39 Å². The molecule has 3 nitrogen and oxygen atoms in total. The Balaban J connectivity index is 2.05. The van der Waals surface area contributed by atoms with Crippen molar-refractivity contribution in [2.75, 3.05) is 0 Å². The molecule has 0 aliphatic carbocycles. The number of aromatic nitrogens is 2. The molecule has 0 fully saturated rings. The molecule has 0 saturated carbocycles. The molecule has 0 spiro atoms. The smallest absolute Gasteiger partial charge is 0.124 e. The largest absolute Gasteiger partial charge is 0.488 e. The maximum atomic E-state index is 13.1. The number of hydrogen-bond acceptors (Lipinski definition) is 2. The molecule has 0 unspecified atom stereocenters. The van der Waals surface area contributed by atoms with E-state index < -0.39 is 0 Å². The van der Waals surface area contributed by atoms with Gasteiger partial charge in [-0.25, -0.2) is 4.39 Å². The van der Waals surface area contributed by atoms with Crippen molar-refractivity contribution in [3.8, 4) is 5.75 Å². The summed E-state index contributed by atoms with van der Waals surface area (Å²) < 4.78 is 20.6. The lowest BCUT2D eigenvalue weighted by atomic mass is 10.2. The zero-order chi connectivity index (χ0) is 13.0. The summed E-state index contributed by atoms with van der Waals surface area (Å²) in [5.41, 5.74) is 1.81. The number of ether oxygens (including phenoxy) is 1. The van der Waals surface area contributed by atoms with Gasteiger partial charge in [0.1, 0.15) is 18.2 Å². The van der Waals surface area contributed by atoms with Crippen molar-refractivity contribution in [2.24, 2.45) is 0 Å². The van der Waals surface area contributed by atoms with Gasteiger partial charge in [-0.3, -0.25) is 4.68 Å². The van der Waals surface area contributed by atoms with E-state index in [9.17, 15) is 4.39 Å². The molecule has 0 saturated heterocycles. The minimum absolute atomic E-state index is 0.254. The van der Waals surface area contributed by atoms with Gasteiger partial charge in [0.25, 0.3) is 0 Å².